The Morgan fingerprint density at radius 1 is 1.38 bits per heavy atom. The van der Waals surface area contributed by atoms with Gasteiger partial charge in [-0.05, 0) is 46.6 Å². The Balaban J connectivity index is 2.08. The third kappa shape index (κ3) is 4.32. The van der Waals surface area contributed by atoms with Crippen molar-refractivity contribution < 1.29 is 22.7 Å². The summed E-state index contributed by atoms with van der Waals surface area (Å²) in [5, 5.41) is 14.9. The van der Waals surface area contributed by atoms with Crippen LogP contribution in [-0.2, 0) is 12.0 Å². The molecule has 0 aliphatic carbocycles. The van der Waals surface area contributed by atoms with Gasteiger partial charge in [-0.3, -0.25) is 14.5 Å². The fraction of sp³-hybridized carbons (Fsp3) is 0.222. The first-order chi connectivity index (χ1) is 13.5. The van der Waals surface area contributed by atoms with Crippen LogP contribution < -0.4 is 10.5 Å². The molecular weight excluding hydrogens is 455 g/mol. The number of aromatic nitrogens is 3. The summed E-state index contributed by atoms with van der Waals surface area (Å²) in [6.07, 6.45) is -0.141. The Bertz CT molecular complexity index is 1140. The highest BCUT2D eigenvalue weighted by atomic mass is 79.9. The number of carbonyl (C=O) groups is 1. The van der Waals surface area contributed by atoms with Gasteiger partial charge in [-0.1, -0.05) is 0 Å². The number of nitriles is 1. The van der Waals surface area contributed by atoms with Gasteiger partial charge in [-0.15, -0.1) is 13.2 Å². The quantitative estimate of drug-likeness (QED) is 0.615. The van der Waals surface area contributed by atoms with E-state index in [9.17, 15) is 23.2 Å². The van der Waals surface area contributed by atoms with Crippen LogP contribution in [0.3, 0.4) is 0 Å². The first-order valence-corrected chi connectivity index (χ1v) is 8.90. The second-order valence-electron chi connectivity index (χ2n) is 6.44. The lowest BCUT2D eigenvalue weighted by Crippen LogP contribution is -2.30. The zero-order valence-electron chi connectivity index (χ0n) is 14.9. The van der Waals surface area contributed by atoms with Crippen LogP contribution in [-0.4, -0.2) is 27.0 Å². The number of pyridine rings is 1. The predicted molar refractivity (Wildman–Crippen MR) is 99.8 cm³/mol. The van der Waals surface area contributed by atoms with E-state index in [-0.39, 0.29) is 17.7 Å². The molecule has 2 N–H and O–H groups in total. The molecule has 3 rings (SSSR count). The van der Waals surface area contributed by atoms with Crippen molar-refractivity contribution in [2.24, 2.45) is 5.73 Å². The normalized spacial score (nSPS) is 13.7. The highest BCUT2D eigenvalue weighted by molar-refractivity contribution is 9.10. The Hall–Kier alpha value is -3.13. The fourth-order valence-electron chi connectivity index (χ4n) is 2.94. The van der Waals surface area contributed by atoms with Gasteiger partial charge in [-0.25, -0.2) is 0 Å². The van der Waals surface area contributed by atoms with Crippen LogP contribution in [0.2, 0.25) is 0 Å². The Labute approximate surface area is 171 Å². The van der Waals surface area contributed by atoms with Crippen LogP contribution in [0.1, 0.15) is 22.8 Å². The van der Waals surface area contributed by atoms with Gasteiger partial charge < -0.3 is 10.5 Å². The molecule has 0 aliphatic heterocycles. The number of benzene rings is 1. The molecule has 0 spiro atoms. The number of nitrogens with two attached hydrogens (primary N) is 1. The summed E-state index contributed by atoms with van der Waals surface area (Å²) >= 11 is 3.35. The molecule has 0 saturated heterocycles. The van der Waals surface area contributed by atoms with E-state index in [0.717, 1.165) is 23.6 Å². The molecule has 11 heteroatoms. The molecule has 1 aromatic carbocycles. The van der Waals surface area contributed by atoms with E-state index in [0.29, 0.717) is 9.99 Å². The SMILES string of the molecule is CC(C#N)(Cn1cc2c(Br)cncc2n1)c1cc(OC(F)(F)F)ccc1C(N)=O. The van der Waals surface area contributed by atoms with Crippen LogP contribution in [0.4, 0.5) is 13.2 Å². The third-order valence-electron chi connectivity index (χ3n) is 4.24. The van der Waals surface area contributed by atoms with E-state index in [4.69, 9.17) is 5.73 Å². The zero-order chi connectivity index (χ0) is 21.4. The van der Waals surface area contributed by atoms with E-state index >= 15 is 0 Å². The molecule has 1 amide bonds. The largest absolute Gasteiger partial charge is 0.573 e. The van der Waals surface area contributed by atoms with E-state index in [2.05, 4.69) is 36.8 Å². The topological polar surface area (TPSA) is 107 Å². The number of nitrogens with zero attached hydrogens (tertiary/aromatic N) is 4. The van der Waals surface area contributed by atoms with Gasteiger partial charge in [0.2, 0.25) is 5.91 Å². The van der Waals surface area contributed by atoms with Crippen molar-refractivity contribution in [1.82, 2.24) is 14.8 Å². The molecule has 2 heterocycles. The minimum atomic E-state index is -4.92. The number of halogens is 4. The molecule has 29 heavy (non-hydrogen) atoms. The first kappa shape index (κ1) is 20.6. The number of amides is 1. The summed E-state index contributed by atoms with van der Waals surface area (Å²) in [7, 11) is 0. The van der Waals surface area contributed by atoms with Crippen molar-refractivity contribution in [2.75, 3.05) is 0 Å². The summed E-state index contributed by atoms with van der Waals surface area (Å²) in [6.45, 7) is 1.42. The lowest BCUT2D eigenvalue weighted by atomic mass is 9.80. The molecule has 0 bridgehead atoms. The number of fused-ring (bicyclic) bond motifs is 1. The van der Waals surface area contributed by atoms with Crippen LogP contribution in [0.25, 0.3) is 10.9 Å². The third-order valence-corrected chi connectivity index (χ3v) is 4.87. The molecule has 0 radical (unpaired) electrons. The zero-order valence-corrected chi connectivity index (χ0v) is 16.5. The molecule has 0 aliphatic rings. The molecule has 0 saturated carbocycles. The summed E-state index contributed by atoms with van der Waals surface area (Å²) in [4.78, 5) is 15.8. The molecule has 7 nitrogen and oxygen atoms in total. The number of alkyl halides is 3. The van der Waals surface area contributed by atoms with Gasteiger partial charge in [0.1, 0.15) is 11.3 Å². The maximum absolute atomic E-state index is 12.6. The summed E-state index contributed by atoms with van der Waals surface area (Å²) < 4.78 is 43.9. The van der Waals surface area contributed by atoms with E-state index in [1.54, 1.807) is 12.4 Å². The highest BCUT2D eigenvalue weighted by Crippen LogP contribution is 2.34. The van der Waals surface area contributed by atoms with Crippen molar-refractivity contribution in [3.05, 3.63) is 52.4 Å². The molecule has 0 fully saturated rings. The van der Waals surface area contributed by atoms with Crippen molar-refractivity contribution in [3.63, 3.8) is 0 Å². The second-order valence-corrected chi connectivity index (χ2v) is 7.30. The summed E-state index contributed by atoms with van der Waals surface area (Å²) in [5.41, 5.74) is 4.42. The molecule has 150 valence electrons. The number of primary amides is 1. The average Bonchev–Trinajstić information content (AvgIpc) is 3.03. The lowest BCUT2D eigenvalue weighted by Gasteiger charge is -2.25. The minimum Gasteiger partial charge on any atom is -0.406 e. The Kier molecular flexibility index (Phi) is 5.23. The van der Waals surface area contributed by atoms with E-state index < -0.39 is 23.4 Å². The molecule has 2 aromatic heterocycles. The average molecular weight is 468 g/mol. The molecule has 1 unspecified atom stereocenters. The second kappa shape index (κ2) is 7.36. The Morgan fingerprint density at radius 3 is 2.69 bits per heavy atom. The van der Waals surface area contributed by atoms with Gasteiger partial charge in [0.25, 0.3) is 0 Å². The van der Waals surface area contributed by atoms with Gasteiger partial charge >= 0.3 is 6.36 Å². The summed E-state index contributed by atoms with van der Waals surface area (Å²) in [6, 6.07) is 5.13. The monoisotopic (exact) mass is 467 g/mol. The number of carbonyl (C=O) groups excluding carboxylic acids is 1. The van der Waals surface area contributed by atoms with Gasteiger partial charge in [0.15, 0.2) is 0 Å². The summed E-state index contributed by atoms with van der Waals surface area (Å²) in [5.74, 6) is -1.44. The fourth-order valence-corrected chi connectivity index (χ4v) is 3.36. The van der Waals surface area contributed by atoms with Crippen LogP contribution >= 0.6 is 15.9 Å². The lowest BCUT2D eigenvalue weighted by molar-refractivity contribution is -0.274. The number of rotatable bonds is 5. The number of ether oxygens (including phenoxy) is 1. The van der Waals surface area contributed by atoms with E-state index in [1.807, 2.05) is 0 Å². The van der Waals surface area contributed by atoms with Gasteiger partial charge in [0, 0.05) is 27.8 Å². The maximum Gasteiger partial charge on any atom is 0.573 e. The van der Waals surface area contributed by atoms with Crippen molar-refractivity contribution in [1.29, 1.82) is 5.26 Å². The molecular formula is C18H13BrF3N5O2. The van der Waals surface area contributed by atoms with Crippen LogP contribution in [0, 0.1) is 11.3 Å². The Morgan fingerprint density at radius 2 is 2.10 bits per heavy atom. The molecule has 1 atom stereocenters. The standard InChI is InChI=1S/C18H13BrF3N5O2/c1-17(8-23,9-27-7-12-14(19)5-25-6-15(12)26-27)13-4-10(29-18(20,21)22)2-3-11(13)16(24)28/h2-7H,9H2,1H3,(H2,24,28). The van der Waals surface area contributed by atoms with Gasteiger partial charge in [-0.2, -0.15) is 10.4 Å². The first-order valence-electron chi connectivity index (χ1n) is 8.10. The van der Waals surface area contributed by atoms with Crippen molar-refractivity contribution in [2.45, 2.75) is 25.2 Å². The van der Waals surface area contributed by atoms with Gasteiger partial charge in [0.05, 0.1) is 24.2 Å². The van der Waals surface area contributed by atoms with Crippen molar-refractivity contribution >= 4 is 32.7 Å². The minimum absolute atomic E-state index is 0.00555. The molecule has 3 aromatic rings. The number of hydrogen-bond donors (Lipinski definition) is 1. The van der Waals surface area contributed by atoms with Crippen molar-refractivity contribution in [3.8, 4) is 11.8 Å². The predicted octanol–water partition coefficient (Wildman–Crippen LogP) is 3.67. The van der Waals surface area contributed by atoms with Crippen LogP contribution in [0.5, 0.6) is 5.75 Å². The smallest absolute Gasteiger partial charge is 0.406 e. The van der Waals surface area contributed by atoms with Crippen LogP contribution in [0.15, 0.2) is 41.3 Å². The highest BCUT2D eigenvalue weighted by Gasteiger charge is 2.35. The maximum atomic E-state index is 12.6. The number of hydrogen-bond acceptors (Lipinski definition) is 5. The van der Waals surface area contributed by atoms with E-state index in [1.165, 1.54) is 17.8 Å².